The van der Waals surface area contributed by atoms with Crippen LogP contribution in [0.15, 0.2) is 0 Å². The summed E-state index contributed by atoms with van der Waals surface area (Å²) in [5.74, 6) is 0.903. The van der Waals surface area contributed by atoms with Crippen LogP contribution in [0.3, 0.4) is 0 Å². The van der Waals surface area contributed by atoms with Gasteiger partial charge in [0.1, 0.15) is 9.84 Å². The van der Waals surface area contributed by atoms with Gasteiger partial charge in [-0.3, -0.25) is 0 Å². The van der Waals surface area contributed by atoms with Crippen LogP contribution < -0.4 is 0 Å². The van der Waals surface area contributed by atoms with Gasteiger partial charge in [0.05, 0.1) is 17.6 Å². The van der Waals surface area contributed by atoms with Crippen molar-refractivity contribution in [2.75, 3.05) is 11.5 Å². The highest BCUT2D eigenvalue weighted by Crippen LogP contribution is 2.27. The maximum Gasteiger partial charge on any atom is 0.150 e. The Labute approximate surface area is 79.7 Å². The molecular weight excluding hydrogens is 186 g/mol. The van der Waals surface area contributed by atoms with Crippen LogP contribution in [0, 0.1) is 23.2 Å². The van der Waals surface area contributed by atoms with Crippen LogP contribution in [0.4, 0.5) is 0 Å². The summed E-state index contributed by atoms with van der Waals surface area (Å²) in [7, 11) is -2.78. The summed E-state index contributed by atoms with van der Waals surface area (Å²) in [6.45, 7) is 1.98. The molecule has 1 saturated heterocycles. The molecule has 1 heterocycles. The Morgan fingerprint density at radius 2 is 2.00 bits per heavy atom. The van der Waals surface area contributed by atoms with E-state index in [-0.39, 0.29) is 17.4 Å². The smallest absolute Gasteiger partial charge is 0.150 e. The van der Waals surface area contributed by atoms with Gasteiger partial charge in [0.25, 0.3) is 0 Å². The fraction of sp³-hybridized carbons (Fsp3) is 0.889. The van der Waals surface area contributed by atoms with Gasteiger partial charge in [-0.2, -0.15) is 5.26 Å². The number of nitrogens with zero attached hydrogens (tertiary/aromatic N) is 1. The van der Waals surface area contributed by atoms with Gasteiger partial charge >= 0.3 is 0 Å². The molecule has 1 atom stereocenters. The highest BCUT2D eigenvalue weighted by Gasteiger charge is 2.28. The van der Waals surface area contributed by atoms with E-state index in [0.717, 1.165) is 6.42 Å². The summed E-state index contributed by atoms with van der Waals surface area (Å²) in [5, 5.41) is 8.81. The van der Waals surface area contributed by atoms with E-state index in [1.54, 1.807) is 0 Å². The van der Waals surface area contributed by atoms with Crippen LogP contribution in [-0.4, -0.2) is 19.9 Å². The van der Waals surface area contributed by atoms with Gasteiger partial charge in [-0.25, -0.2) is 8.42 Å². The third-order valence-electron chi connectivity index (χ3n) is 2.77. The number of hydrogen-bond donors (Lipinski definition) is 0. The molecule has 0 N–H and O–H groups in total. The van der Waals surface area contributed by atoms with Crippen molar-refractivity contribution < 1.29 is 8.42 Å². The van der Waals surface area contributed by atoms with E-state index in [9.17, 15) is 8.42 Å². The fourth-order valence-corrected chi connectivity index (χ4v) is 3.37. The number of nitriles is 1. The molecule has 0 saturated carbocycles. The molecule has 1 unspecified atom stereocenters. The second-order valence-electron chi connectivity index (χ2n) is 3.63. The Morgan fingerprint density at radius 1 is 1.46 bits per heavy atom. The lowest BCUT2D eigenvalue weighted by Gasteiger charge is -2.24. The first kappa shape index (κ1) is 10.5. The van der Waals surface area contributed by atoms with Gasteiger partial charge < -0.3 is 0 Å². The number of sulfone groups is 1. The van der Waals surface area contributed by atoms with Crippen molar-refractivity contribution in [2.45, 2.75) is 26.2 Å². The third kappa shape index (κ3) is 2.70. The summed E-state index contributed by atoms with van der Waals surface area (Å²) in [6, 6.07) is 2.25. The van der Waals surface area contributed by atoms with Crippen molar-refractivity contribution >= 4 is 9.84 Å². The molecule has 3 nitrogen and oxygen atoms in total. The first-order valence-electron chi connectivity index (χ1n) is 4.69. The fourth-order valence-electron chi connectivity index (χ4n) is 1.84. The zero-order valence-electron chi connectivity index (χ0n) is 7.86. The number of hydrogen-bond acceptors (Lipinski definition) is 3. The van der Waals surface area contributed by atoms with E-state index in [0.29, 0.717) is 18.8 Å². The largest absolute Gasteiger partial charge is 0.229 e. The van der Waals surface area contributed by atoms with Gasteiger partial charge in [-0.1, -0.05) is 6.92 Å². The molecule has 0 aromatic heterocycles. The van der Waals surface area contributed by atoms with Crippen LogP contribution in [0.2, 0.25) is 0 Å². The van der Waals surface area contributed by atoms with Gasteiger partial charge in [0, 0.05) is 5.92 Å². The summed E-state index contributed by atoms with van der Waals surface area (Å²) < 4.78 is 22.2. The SMILES string of the molecule is CCC(C#N)C1CCS(=O)(=O)CC1. The van der Waals surface area contributed by atoms with Gasteiger partial charge in [0.2, 0.25) is 0 Å². The second-order valence-corrected chi connectivity index (χ2v) is 5.94. The van der Waals surface area contributed by atoms with E-state index in [1.165, 1.54) is 0 Å². The van der Waals surface area contributed by atoms with E-state index in [4.69, 9.17) is 5.26 Å². The van der Waals surface area contributed by atoms with Crippen molar-refractivity contribution in [3.63, 3.8) is 0 Å². The first-order chi connectivity index (χ1) is 6.09. The van der Waals surface area contributed by atoms with Crippen molar-refractivity contribution in [3.05, 3.63) is 0 Å². The van der Waals surface area contributed by atoms with Crippen LogP contribution in [0.25, 0.3) is 0 Å². The quantitative estimate of drug-likeness (QED) is 0.677. The highest BCUT2D eigenvalue weighted by molar-refractivity contribution is 7.91. The average molecular weight is 201 g/mol. The molecular formula is C9H15NO2S. The second kappa shape index (κ2) is 4.10. The zero-order chi connectivity index (χ0) is 9.90. The molecule has 0 aliphatic carbocycles. The molecule has 74 valence electrons. The van der Waals surface area contributed by atoms with Gasteiger partial charge in [0.15, 0.2) is 0 Å². The molecule has 0 spiro atoms. The minimum absolute atomic E-state index is 0.0514. The van der Waals surface area contributed by atoms with Crippen LogP contribution in [0.5, 0.6) is 0 Å². The minimum atomic E-state index is -2.78. The van der Waals surface area contributed by atoms with E-state index in [2.05, 4.69) is 6.07 Å². The first-order valence-corrected chi connectivity index (χ1v) is 6.51. The molecule has 1 rings (SSSR count). The van der Waals surface area contributed by atoms with E-state index in [1.807, 2.05) is 6.92 Å². The Hall–Kier alpha value is -0.560. The zero-order valence-corrected chi connectivity index (χ0v) is 8.68. The summed E-state index contributed by atoms with van der Waals surface area (Å²) in [5.41, 5.74) is 0. The van der Waals surface area contributed by atoms with Gasteiger partial charge in [-0.15, -0.1) is 0 Å². The standard InChI is InChI=1S/C9H15NO2S/c1-2-8(7-10)9-3-5-13(11,12)6-4-9/h8-9H,2-6H2,1H3. The maximum absolute atomic E-state index is 11.1. The predicted octanol–water partition coefficient (Wildman–Crippen LogP) is 1.36. The van der Waals surface area contributed by atoms with Crippen molar-refractivity contribution in [1.82, 2.24) is 0 Å². The Kier molecular flexibility index (Phi) is 3.32. The highest BCUT2D eigenvalue weighted by atomic mass is 32.2. The van der Waals surface area contributed by atoms with E-state index >= 15 is 0 Å². The Balaban J connectivity index is 2.55. The van der Waals surface area contributed by atoms with Crippen LogP contribution >= 0.6 is 0 Å². The topological polar surface area (TPSA) is 57.9 Å². The van der Waals surface area contributed by atoms with E-state index < -0.39 is 9.84 Å². The van der Waals surface area contributed by atoms with Crippen LogP contribution in [-0.2, 0) is 9.84 Å². The normalized spacial score (nSPS) is 24.9. The van der Waals surface area contributed by atoms with Crippen LogP contribution in [0.1, 0.15) is 26.2 Å². The lowest BCUT2D eigenvalue weighted by Crippen LogP contribution is -2.27. The summed E-state index contributed by atoms with van der Waals surface area (Å²) in [6.07, 6.45) is 2.18. The molecule has 13 heavy (non-hydrogen) atoms. The number of rotatable bonds is 2. The average Bonchev–Trinajstić information content (AvgIpc) is 2.09. The van der Waals surface area contributed by atoms with Crippen molar-refractivity contribution in [2.24, 2.45) is 11.8 Å². The molecule has 0 radical (unpaired) electrons. The summed E-state index contributed by atoms with van der Waals surface area (Å²) >= 11 is 0. The molecule has 0 bridgehead atoms. The molecule has 1 aliphatic rings. The molecule has 0 aromatic carbocycles. The monoisotopic (exact) mass is 201 g/mol. The Bertz CT molecular complexity index is 288. The molecule has 0 amide bonds. The maximum atomic E-state index is 11.1. The van der Waals surface area contributed by atoms with Crippen molar-refractivity contribution in [3.8, 4) is 6.07 Å². The third-order valence-corrected chi connectivity index (χ3v) is 4.49. The predicted molar refractivity (Wildman–Crippen MR) is 50.8 cm³/mol. The minimum Gasteiger partial charge on any atom is -0.229 e. The van der Waals surface area contributed by atoms with Crippen molar-refractivity contribution in [1.29, 1.82) is 5.26 Å². The molecule has 0 aromatic rings. The van der Waals surface area contributed by atoms with Gasteiger partial charge in [-0.05, 0) is 25.2 Å². The molecule has 1 aliphatic heterocycles. The molecule has 4 heteroatoms. The summed E-state index contributed by atoms with van der Waals surface area (Å²) in [4.78, 5) is 0. The lowest BCUT2D eigenvalue weighted by atomic mass is 9.87. The molecule has 1 fully saturated rings. The lowest BCUT2D eigenvalue weighted by molar-refractivity contribution is 0.359. The Morgan fingerprint density at radius 3 is 2.38 bits per heavy atom.